The van der Waals surface area contributed by atoms with E-state index in [1.54, 1.807) is 0 Å². The average Bonchev–Trinajstić information content (AvgIpc) is 2.93. The summed E-state index contributed by atoms with van der Waals surface area (Å²) in [6.07, 6.45) is -2.64. The van der Waals surface area contributed by atoms with Crippen molar-refractivity contribution in [2.24, 2.45) is 11.8 Å². The van der Waals surface area contributed by atoms with Crippen LogP contribution in [0.25, 0.3) is 0 Å². The predicted octanol–water partition coefficient (Wildman–Crippen LogP) is 6.47. The van der Waals surface area contributed by atoms with Crippen molar-refractivity contribution in [3.8, 4) is 0 Å². The number of rotatable bonds is 9. The van der Waals surface area contributed by atoms with Gasteiger partial charge in [-0.15, -0.1) is 0 Å². The van der Waals surface area contributed by atoms with Gasteiger partial charge in [-0.1, -0.05) is 54.1 Å². The smallest absolute Gasteiger partial charge is 0.352 e. The third-order valence-electron chi connectivity index (χ3n) is 7.35. The van der Waals surface area contributed by atoms with Crippen LogP contribution in [0.2, 0.25) is 0 Å². The maximum absolute atomic E-state index is 13.7. The van der Waals surface area contributed by atoms with E-state index in [-0.39, 0.29) is 30.8 Å². The summed E-state index contributed by atoms with van der Waals surface area (Å²) >= 11 is 0. The summed E-state index contributed by atoms with van der Waals surface area (Å²) < 4.78 is 83.0. The molecule has 0 aliphatic heterocycles. The van der Waals surface area contributed by atoms with Crippen LogP contribution in [0.4, 0.5) is 17.6 Å². The first-order chi connectivity index (χ1) is 18.9. The maximum atomic E-state index is 13.7. The van der Waals surface area contributed by atoms with Crippen molar-refractivity contribution in [3.63, 3.8) is 0 Å². The van der Waals surface area contributed by atoms with E-state index in [2.05, 4.69) is 5.32 Å². The van der Waals surface area contributed by atoms with Crippen molar-refractivity contribution in [2.75, 3.05) is 6.54 Å². The van der Waals surface area contributed by atoms with Gasteiger partial charge in [0.25, 0.3) is 0 Å². The predicted molar refractivity (Wildman–Crippen MR) is 144 cm³/mol. The van der Waals surface area contributed by atoms with Gasteiger partial charge in [-0.3, -0.25) is 4.79 Å². The molecule has 0 radical (unpaired) electrons. The van der Waals surface area contributed by atoms with Gasteiger partial charge in [0.05, 0.1) is 10.5 Å². The molecule has 40 heavy (non-hydrogen) atoms. The molecule has 0 heterocycles. The van der Waals surface area contributed by atoms with Gasteiger partial charge in [-0.25, -0.2) is 12.8 Å². The molecular formula is C30H32F4N2O3S. The lowest BCUT2D eigenvalue weighted by atomic mass is 9.81. The Morgan fingerprint density at radius 3 is 2.12 bits per heavy atom. The highest BCUT2D eigenvalue weighted by Crippen LogP contribution is 2.37. The molecule has 3 aromatic rings. The fourth-order valence-corrected chi connectivity index (χ4v) is 6.76. The van der Waals surface area contributed by atoms with Gasteiger partial charge in [0.1, 0.15) is 5.82 Å². The van der Waals surface area contributed by atoms with E-state index >= 15 is 0 Å². The van der Waals surface area contributed by atoms with Crippen molar-refractivity contribution >= 4 is 15.9 Å². The third kappa shape index (κ3) is 7.48. The van der Waals surface area contributed by atoms with Crippen LogP contribution < -0.4 is 5.32 Å². The van der Waals surface area contributed by atoms with Crippen molar-refractivity contribution in [2.45, 2.75) is 56.8 Å². The van der Waals surface area contributed by atoms with E-state index in [1.807, 2.05) is 31.2 Å². The number of aryl methyl sites for hydroxylation is 1. The molecule has 214 valence electrons. The highest BCUT2D eigenvalue weighted by molar-refractivity contribution is 7.89. The third-order valence-corrected chi connectivity index (χ3v) is 9.22. The summed E-state index contributed by atoms with van der Waals surface area (Å²) in [5.74, 6) is -0.919. The lowest BCUT2D eigenvalue weighted by molar-refractivity contribution is -0.140. The first-order valence-electron chi connectivity index (χ1n) is 13.2. The van der Waals surface area contributed by atoms with Gasteiger partial charge < -0.3 is 5.32 Å². The zero-order valence-corrected chi connectivity index (χ0v) is 22.9. The zero-order chi connectivity index (χ0) is 28.9. The van der Waals surface area contributed by atoms with Crippen molar-refractivity contribution < 1.29 is 30.8 Å². The fraction of sp³-hybridized carbons (Fsp3) is 0.367. The molecule has 1 fully saturated rings. The summed E-state index contributed by atoms with van der Waals surface area (Å²) in [4.78, 5) is 11.9. The molecule has 1 amide bonds. The molecule has 0 bridgehead atoms. The number of carbonyl (C=O) groups excluding carboxylic acids is 1. The van der Waals surface area contributed by atoms with Crippen molar-refractivity contribution in [3.05, 3.63) is 101 Å². The molecule has 1 aliphatic rings. The monoisotopic (exact) mass is 576 g/mol. The Morgan fingerprint density at radius 1 is 0.900 bits per heavy atom. The Bertz CT molecular complexity index is 1400. The first-order valence-corrected chi connectivity index (χ1v) is 14.6. The van der Waals surface area contributed by atoms with Crippen LogP contribution in [0, 0.1) is 24.6 Å². The molecule has 1 aliphatic carbocycles. The molecule has 0 aromatic heterocycles. The van der Waals surface area contributed by atoms with E-state index in [0.717, 1.165) is 33.6 Å². The Hall–Kier alpha value is -3.24. The van der Waals surface area contributed by atoms with E-state index in [1.165, 1.54) is 30.3 Å². The van der Waals surface area contributed by atoms with Crippen LogP contribution in [0.3, 0.4) is 0 Å². The largest absolute Gasteiger partial charge is 0.417 e. The Balaban J connectivity index is 1.47. The van der Waals surface area contributed by atoms with Gasteiger partial charge in [0.15, 0.2) is 0 Å². The van der Waals surface area contributed by atoms with Crippen LogP contribution in [0.5, 0.6) is 0 Å². The van der Waals surface area contributed by atoms with E-state index in [9.17, 15) is 30.8 Å². The minimum atomic E-state index is -4.85. The van der Waals surface area contributed by atoms with Gasteiger partial charge in [0.2, 0.25) is 15.9 Å². The number of halogens is 4. The molecule has 1 saturated carbocycles. The van der Waals surface area contributed by atoms with Gasteiger partial charge in [-0.2, -0.15) is 17.5 Å². The number of carbonyl (C=O) groups is 1. The SMILES string of the molecule is Cc1ccc(CNC(=O)C2CCC(CN(Cc3ccc(F)cc3)S(=O)(=O)c3ccccc3C(F)(F)F)CC2)cc1. The second-order valence-corrected chi connectivity index (χ2v) is 12.2. The zero-order valence-electron chi connectivity index (χ0n) is 22.1. The maximum Gasteiger partial charge on any atom is 0.417 e. The van der Waals surface area contributed by atoms with E-state index in [0.29, 0.717) is 37.8 Å². The van der Waals surface area contributed by atoms with Crippen molar-refractivity contribution in [1.29, 1.82) is 0 Å². The van der Waals surface area contributed by atoms with Crippen LogP contribution in [0.15, 0.2) is 77.7 Å². The molecule has 0 unspecified atom stereocenters. The summed E-state index contributed by atoms with van der Waals surface area (Å²) in [7, 11) is -4.55. The Labute approximate surface area is 232 Å². The molecule has 3 aromatic carbocycles. The van der Waals surface area contributed by atoms with Crippen LogP contribution >= 0.6 is 0 Å². The summed E-state index contributed by atoms with van der Waals surface area (Å²) in [6.45, 7) is 2.19. The van der Waals surface area contributed by atoms with Crippen molar-refractivity contribution in [1.82, 2.24) is 9.62 Å². The standard InChI is InChI=1S/C30H32F4N2O3S/c1-21-6-8-22(9-7-21)18-35-29(37)25-14-10-23(11-15-25)19-36(20-24-12-16-26(31)17-13-24)40(38,39)28-5-3-2-4-27(28)30(32,33)34/h2-9,12-13,16-17,23,25H,10-11,14-15,18-20H2,1H3,(H,35,37). The molecule has 1 N–H and O–H groups in total. The molecular weight excluding hydrogens is 544 g/mol. The highest BCUT2D eigenvalue weighted by atomic mass is 32.2. The molecule has 10 heteroatoms. The minimum absolute atomic E-state index is 0.0103. The molecule has 5 nitrogen and oxygen atoms in total. The molecule has 0 atom stereocenters. The van der Waals surface area contributed by atoms with Crippen LogP contribution in [0.1, 0.15) is 47.9 Å². The summed E-state index contributed by atoms with van der Waals surface area (Å²) in [6, 6.07) is 17.2. The number of benzene rings is 3. The van der Waals surface area contributed by atoms with Gasteiger partial charge in [-0.05, 0) is 73.9 Å². The summed E-state index contributed by atoms with van der Waals surface area (Å²) in [5, 5.41) is 2.96. The second kappa shape index (κ2) is 12.5. The van der Waals surface area contributed by atoms with Crippen LogP contribution in [-0.4, -0.2) is 25.2 Å². The number of sulfonamides is 1. The topological polar surface area (TPSA) is 66.5 Å². The molecule has 4 rings (SSSR count). The molecule has 0 saturated heterocycles. The first kappa shape index (κ1) is 29.7. The highest BCUT2D eigenvalue weighted by Gasteiger charge is 2.39. The minimum Gasteiger partial charge on any atom is -0.352 e. The summed E-state index contributed by atoms with van der Waals surface area (Å²) in [5.41, 5.74) is 1.35. The Morgan fingerprint density at radius 2 is 1.50 bits per heavy atom. The van der Waals surface area contributed by atoms with E-state index in [4.69, 9.17) is 0 Å². The number of nitrogens with one attached hydrogen (secondary N) is 1. The number of hydrogen-bond acceptors (Lipinski definition) is 3. The normalized spacial score (nSPS) is 18.1. The van der Waals surface area contributed by atoms with Crippen LogP contribution in [-0.2, 0) is 34.1 Å². The number of alkyl halides is 3. The number of nitrogens with zero attached hydrogens (tertiary/aromatic N) is 1. The number of hydrogen-bond donors (Lipinski definition) is 1. The fourth-order valence-electron chi connectivity index (χ4n) is 5.04. The quantitative estimate of drug-likeness (QED) is 0.297. The lowest BCUT2D eigenvalue weighted by Crippen LogP contribution is -2.38. The molecule has 0 spiro atoms. The lowest BCUT2D eigenvalue weighted by Gasteiger charge is -2.32. The Kier molecular flexibility index (Phi) is 9.30. The van der Waals surface area contributed by atoms with E-state index < -0.39 is 32.5 Å². The van der Waals surface area contributed by atoms with Gasteiger partial charge >= 0.3 is 6.18 Å². The average molecular weight is 577 g/mol. The van der Waals surface area contributed by atoms with Gasteiger partial charge in [0, 0.05) is 25.6 Å². The second-order valence-electron chi connectivity index (χ2n) is 10.3. The number of amides is 1.